The summed E-state index contributed by atoms with van der Waals surface area (Å²) in [6.07, 6.45) is 0.805. The van der Waals surface area contributed by atoms with Gasteiger partial charge in [-0.05, 0) is 75.4 Å². The van der Waals surface area contributed by atoms with Crippen LogP contribution in [0.25, 0.3) is 56.2 Å². The van der Waals surface area contributed by atoms with E-state index in [1.807, 2.05) is 0 Å². The summed E-state index contributed by atoms with van der Waals surface area (Å²) < 4.78 is 0. The van der Waals surface area contributed by atoms with E-state index in [2.05, 4.69) is 231 Å². The second-order valence-corrected chi connectivity index (χ2v) is 24.6. The van der Waals surface area contributed by atoms with Crippen molar-refractivity contribution in [1.82, 2.24) is 9.97 Å². The van der Waals surface area contributed by atoms with Crippen molar-refractivity contribution in [3.63, 3.8) is 0 Å². The number of hydrogen-bond donors (Lipinski definition) is 0. The Morgan fingerprint density at radius 1 is 0.302 bits per heavy atom. The van der Waals surface area contributed by atoms with Gasteiger partial charge in [-0.2, -0.15) is 0 Å². The Morgan fingerprint density at radius 3 is 1.32 bits per heavy atom. The fourth-order valence-corrected chi connectivity index (χ4v) is 21.9. The summed E-state index contributed by atoms with van der Waals surface area (Å²) in [4.78, 5) is 11.2. The summed E-state index contributed by atoms with van der Waals surface area (Å²) >= 11 is 0. The summed E-state index contributed by atoms with van der Waals surface area (Å²) in [7, 11) is -5.33. The van der Waals surface area contributed by atoms with Gasteiger partial charge >= 0.3 is 0 Å². The lowest BCUT2D eigenvalue weighted by atomic mass is 9.98. The van der Waals surface area contributed by atoms with Crippen LogP contribution in [-0.4, -0.2) is 26.1 Å². The SMILES string of the molecule is c1ccc([Si]2(c3ccccc3)c3ccccc3-c3cc(-c4nc(-c5ccc6c(c5)[Si](c5ccccc5)(c5ccccc5)c5ccccc5-6)nc5c4Cc4ccccc4-5)ccc32)cc1. The van der Waals surface area contributed by atoms with Gasteiger partial charge in [0.1, 0.15) is 0 Å². The van der Waals surface area contributed by atoms with E-state index in [1.54, 1.807) is 0 Å². The number of hydrogen-bond acceptors (Lipinski definition) is 2. The van der Waals surface area contributed by atoms with E-state index >= 15 is 0 Å². The molecule has 10 aromatic rings. The van der Waals surface area contributed by atoms with Crippen LogP contribution in [0, 0.1) is 0 Å². The van der Waals surface area contributed by atoms with Crippen LogP contribution >= 0.6 is 0 Å². The standard InChI is InChI=1S/C59H40N2Si2/c1-5-20-43(21-6-1)62(44-22-7-2-8-23-44)54-32-18-16-30-49(54)51-38-41(34-36-55(51)62)57-52-37-40-19-13-14-28-47(40)58(52)61-59(60-57)42-33-35-50-48-29-15-17-31-53(48)63(56(50)39-42,45-24-9-3-10-25-45)46-26-11-4-12-27-46/h1-36,38-39H,37H2. The molecule has 0 bridgehead atoms. The Morgan fingerprint density at radius 2 is 0.730 bits per heavy atom. The van der Waals surface area contributed by atoms with Crippen molar-refractivity contribution >= 4 is 57.6 Å². The molecule has 2 nitrogen and oxygen atoms in total. The highest BCUT2D eigenvalue weighted by atomic mass is 28.3. The molecule has 2 aliphatic heterocycles. The number of nitrogens with zero attached hydrogens (tertiary/aromatic N) is 2. The lowest BCUT2D eigenvalue weighted by Crippen LogP contribution is -2.72. The fourth-order valence-electron chi connectivity index (χ4n) is 11.5. The van der Waals surface area contributed by atoms with Crippen LogP contribution in [0.5, 0.6) is 0 Å². The zero-order valence-electron chi connectivity index (χ0n) is 34.5. The van der Waals surface area contributed by atoms with Crippen LogP contribution in [0.15, 0.2) is 231 Å². The topological polar surface area (TPSA) is 25.8 Å². The van der Waals surface area contributed by atoms with E-state index in [-0.39, 0.29) is 0 Å². The molecule has 0 saturated heterocycles. The number of aromatic nitrogens is 2. The van der Waals surface area contributed by atoms with Crippen LogP contribution < -0.4 is 41.5 Å². The van der Waals surface area contributed by atoms with Gasteiger partial charge in [0.2, 0.25) is 0 Å². The van der Waals surface area contributed by atoms with Gasteiger partial charge in [0.05, 0.1) is 11.4 Å². The molecule has 3 aliphatic rings. The molecule has 294 valence electrons. The molecule has 63 heavy (non-hydrogen) atoms. The molecule has 0 unspecified atom stereocenters. The monoisotopic (exact) mass is 832 g/mol. The van der Waals surface area contributed by atoms with Crippen LogP contribution in [0.2, 0.25) is 0 Å². The Kier molecular flexibility index (Phi) is 8.05. The molecule has 0 atom stereocenters. The van der Waals surface area contributed by atoms with Gasteiger partial charge in [0, 0.05) is 28.7 Å². The quantitative estimate of drug-likeness (QED) is 0.159. The Bertz CT molecular complexity index is 3340. The first-order valence-electron chi connectivity index (χ1n) is 22.0. The highest BCUT2D eigenvalue weighted by molar-refractivity contribution is 7.23. The van der Waals surface area contributed by atoms with E-state index in [9.17, 15) is 0 Å². The van der Waals surface area contributed by atoms with Crippen molar-refractivity contribution in [3.8, 4) is 56.2 Å². The summed E-state index contributed by atoms with van der Waals surface area (Å²) in [5.74, 6) is 0.765. The molecule has 0 saturated carbocycles. The number of fused-ring (bicyclic) bond motifs is 9. The van der Waals surface area contributed by atoms with Crippen molar-refractivity contribution in [2.24, 2.45) is 0 Å². The van der Waals surface area contributed by atoms with Gasteiger partial charge in [-0.3, -0.25) is 0 Å². The number of benzene rings is 9. The summed E-state index contributed by atoms with van der Waals surface area (Å²) in [6.45, 7) is 0. The Hall–Kier alpha value is -7.51. The summed E-state index contributed by atoms with van der Waals surface area (Å²) in [5.41, 5.74) is 13.2. The average molecular weight is 833 g/mol. The molecule has 3 heterocycles. The molecule has 9 aromatic carbocycles. The summed E-state index contributed by atoms with van der Waals surface area (Å²) in [6, 6.07) is 86.3. The smallest absolute Gasteiger partial charge is 0.180 e. The number of rotatable bonds is 6. The molecule has 1 aromatic heterocycles. The maximum absolute atomic E-state index is 5.69. The lowest BCUT2D eigenvalue weighted by molar-refractivity contribution is 1.13. The molecular weight excluding hydrogens is 793 g/mol. The van der Waals surface area contributed by atoms with Gasteiger partial charge in [-0.1, -0.05) is 224 Å². The van der Waals surface area contributed by atoms with E-state index < -0.39 is 16.1 Å². The van der Waals surface area contributed by atoms with E-state index in [0.717, 1.165) is 34.8 Å². The molecule has 0 fully saturated rings. The second kappa shape index (κ2) is 14.0. The van der Waals surface area contributed by atoms with Crippen LogP contribution in [0.1, 0.15) is 11.1 Å². The third kappa shape index (κ3) is 5.11. The molecule has 4 heteroatoms. The zero-order chi connectivity index (χ0) is 41.5. The first-order valence-corrected chi connectivity index (χ1v) is 26.0. The highest BCUT2D eigenvalue weighted by Gasteiger charge is 2.50. The van der Waals surface area contributed by atoms with E-state index in [4.69, 9.17) is 9.97 Å². The van der Waals surface area contributed by atoms with Crippen LogP contribution in [0.4, 0.5) is 0 Å². The second-order valence-electron chi connectivity index (χ2n) is 17.1. The van der Waals surface area contributed by atoms with Crippen molar-refractivity contribution in [2.75, 3.05) is 0 Å². The lowest BCUT2D eigenvalue weighted by Gasteiger charge is -2.31. The average Bonchev–Trinajstić information content (AvgIpc) is 3.99. The van der Waals surface area contributed by atoms with Gasteiger partial charge in [-0.15, -0.1) is 0 Å². The predicted molar refractivity (Wildman–Crippen MR) is 266 cm³/mol. The van der Waals surface area contributed by atoms with E-state index in [1.165, 1.54) is 80.4 Å². The molecule has 13 rings (SSSR count). The molecular formula is C59H40N2Si2. The largest absolute Gasteiger partial charge is 0.228 e. The minimum atomic E-state index is -2.71. The van der Waals surface area contributed by atoms with E-state index in [0.29, 0.717) is 0 Å². The van der Waals surface area contributed by atoms with Gasteiger partial charge in [0.15, 0.2) is 22.0 Å². The van der Waals surface area contributed by atoms with Gasteiger partial charge in [0.25, 0.3) is 0 Å². The molecule has 0 spiro atoms. The molecule has 0 N–H and O–H groups in total. The predicted octanol–water partition coefficient (Wildman–Crippen LogP) is 8.10. The van der Waals surface area contributed by atoms with Crippen LogP contribution in [0.3, 0.4) is 0 Å². The minimum absolute atomic E-state index is 0.765. The maximum atomic E-state index is 5.69. The Labute approximate surface area is 369 Å². The molecule has 0 amide bonds. The van der Waals surface area contributed by atoms with Crippen LogP contribution in [-0.2, 0) is 6.42 Å². The molecule has 1 aliphatic carbocycles. The van der Waals surface area contributed by atoms with Gasteiger partial charge < -0.3 is 0 Å². The minimum Gasteiger partial charge on any atom is -0.228 e. The third-order valence-electron chi connectivity index (χ3n) is 14.1. The first-order chi connectivity index (χ1) is 31.2. The highest BCUT2D eigenvalue weighted by Crippen LogP contribution is 2.42. The van der Waals surface area contributed by atoms with Gasteiger partial charge in [-0.25, -0.2) is 9.97 Å². The first kappa shape index (κ1) is 36.2. The third-order valence-corrected chi connectivity index (χ3v) is 23.8. The van der Waals surface area contributed by atoms with Crippen molar-refractivity contribution in [1.29, 1.82) is 0 Å². The van der Waals surface area contributed by atoms with Crippen molar-refractivity contribution in [2.45, 2.75) is 6.42 Å². The molecule has 0 radical (unpaired) electrons. The van der Waals surface area contributed by atoms with Crippen molar-refractivity contribution in [3.05, 3.63) is 242 Å². The summed E-state index contributed by atoms with van der Waals surface area (Å²) in [5, 5.41) is 11.3. The zero-order valence-corrected chi connectivity index (χ0v) is 36.5. The van der Waals surface area contributed by atoms with Crippen molar-refractivity contribution < 1.29 is 0 Å². The fraction of sp³-hybridized carbons (Fsp3) is 0.0169. The normalized spacial score (nSPS) is 14.2. The maximum Gasteiger partial charge on any atom is 0.180 e. The Balaban J connectivity index is 1.05.